The minimum Gasteiger partial charge on any atom is -0.463 e. The van der Waals surface area contributed by atoms with Crippen LogP contribution in [0.5, 0.6) is 0 Å². The predicted molar refractivity (Wildman–Crippen MR) is 70.4 cm³/mol. The first-order valence-corrected chi connectivity index (χ1v) is 7.19. The molecule has 2 heterocycles. The molecule has 1 unspecified atom stereocenters. The third kappa shape index (κ3) is 2.55. The van der Waals surface area contributed by atoms with Crippen LogP contribution in [0.25, 0.3) is 0 Å². The quantitative estimate of drug-likeness (QED) is 0.617. The molecular weight excluding hydrogens is 280 g/mol. The molecule has 0 amide bonds. The Hall–Kier alpha value is -1.83. The maximum atomic E-state index is 11.4. The van der Waals surface area contributed by atoms with Crippen molar-refractivity contribution in [1.82, 2.24) is 20.2 Å². The molecule has 0 aromatic carbocycles. The molecule has 0 spiro atoms. The fourth-order valence-corrected chi connectivity index (χ4v) is 2.75. The van der Waals surface area contributed by atoms with Crippen LogP contribution in [0.2, 0.25) is 0 Å². The molecule has 0 bridgehead atoms. The standard InChI is InChI=1S/C12H14N4O3S/c1-7(9-5-6-10(19-9)11(17)18-2)20-12-13-14-15-16(12)8-3-4-8/h5-8H,3-4H2,1-2H3. The number of esters is 1. The van der Waals surface area contributed by atoms with Crippen LogP contribution in [0, 0.1) is 0 Å². The molecule has 0 saturated heterocycles. The van der Waals surface area contributed by atoms with Crippen LogP contribution in [0.15, 0.2) is 21.7 Å². The van der Waals surface area contributed by atoms with Crippen LogP contribution in [0.4, 0.5) is 0 Å². The van der Waals surface area contributed by atoms with Gasteiger partial charge in [-0.15, -0.1) is 5.10 Å². The van der Waals surface area contributed by atoms with Crippen molar-refractivity contribution in [2.75, 3.05) is 7.11 Å². The van der Waals surface area contributed by atoms with Crippen molar-refractivity contribution in [3.8, 4) is 0 Å². The molecule has 1 aliphatic rings. The van der Waals surface area contributed by atoms with Gasteiger partial charge in [-0.3, -0.25) is 0 Å². The van der Waals surface area contributed by atoms with Crippen LogP contribution in [0.1, 0.15) is 47.4 Å². The summed E-state index contributed by atoms with van der Waals surface area (Å²) in [5, 5.41) is 12.5. The number of rotatable bonds is 5. The number of hydrogen-bond donors (Lipinski definition) is 0. The van der Waals surface area contributed by atoms with Gasteiger partial charge in [0.25, 0.3) is 0 Å². The predicted octanol–water partition coefficient (Wildman–Crippen LogP) is 2.24. The van der Waals surface area contributed by atoms with E-state index in [4.69, 9.17) is 4.42 Å². The van der Waals surface area contributed by atoms with Crippen molar-refractivity contribution in [1.29, 1.82) is 0 Å². The van der Waals surface area contributed by atoms with Gasteiger partial charge in [-0.25, -0.2) is 9.48 Å². The summed E-state index contributed by atoms with van der Waals surface area (Å²) in [5.74, 6) is 0.425. The van der Waals surface area contributed by atoms with E-state index in [0.717, 1.165) is 18.0 Å². The lowest BCUT2D eigenvalue weighted by molar-refractivity contribution is 0.0563. The molecule has 1 saturated carbocycles. The number of hydrogen-bond acceptors (Lipinski definition) is 7. The van der Waals surface area contributed by atoms with Crippen molar-refractivity contribution < 1.29 is 13.9 Å². The molecule has 7 nitrogen and oxygen atoms in total. The second kappa shape index (κ2) is 5.28. The highest BCUT2D eigenvalue weighted by molar-refractivity contribution is 7.99. The molecule has 1 aliphatic carbocycles. The van der Waals surface area contributed by atoms with Gasteiger partial charge in [-0.1, -0.05) is 11.8 Å². The van der Waals surface area contributed by atoms with Crippen LogP contribution < -0.4 is 0 Å². The van der Waals surface area contributed by atoms with Gasteiger partial charge >= 0.3 is 5.97 Å². The number of nitrogens with zero attached hydrogens (tertiary/aromatic N) is 4. The summed E-state index contributed by atoms with van der Waals surface area (Å²) >= 11 is 1.51. The van der Waals surface area contributed by atoms with Crippen LogP contribution in [-0.4, -0.2) is 33.3 Å². The van der Waals surface area contributed by atoms with Gasteiger partial charge in [-0.2, -0.15) is 0 Å². The third-order valence-corrected chi connectivity index (χ3v) is 4.12. The number of aromatic nitrogens is 4. The largest absolute Gasteiger partial charge is 0.463 e. The number of tetrazole rings is 1. The summed E-state index contributed by atoms with van der Waals surface area (Å²) in [5.41, 5.74) is 0. The van der Waals surface area contributed by atoms with E-state index in [1.54, 1.807) is 12.1 Å². The van der Waals surface area contributed by atoms with Crippen molar-refractivity contribution in [2.24, 2.45) is 0 Å². The molecule has 2 aromatic heterocycles. The summed E-state index contributed by atoms with van der Waals surface area (Å²) in [6, 6.07) is 3.82. The molecular formula is C12H14N4O3S. The molecule has 0 radical (unpaired) electrons. The topological polar surface area (TPSA) is 83.0 Å². The molecule has 1 fully saturated rings. The van der Waals surface area contributed by atoms with E-state index >= 15 is 0 Å². The summed E-state index contributed by atoms with van der Waals surface area (Å²) in [6.45, 7) is 1.98. The molecule has 0 N–H and O–H groups in total. The smallest absolute Gasteiger partial charge is 0.373 e. The molecule has 8 heteroatoms. The Bertz CT molecular complexity index is 620. The molecule has 20 heavy (non-hydrogen) atoms. The Morgan fingerprint density at radius 1 is 1.55 bits per heavy atom. The lowest BCUT2D eigenvalue weighted by Crippen LogP contribution is -2.00. The lowest BCUT2D eigenvalue weighted by Gasteiger charge is -2.07. The highest BCUT2D eigenvalue weighted by Crippen LogP contribution is 2.40. The maximum absolute atomic E-state index is 11.4. The first-order valence-electron chi connectivity index (χ1n) is 6.31. The summed E-state index contributed by atoms with van der Waals surface area (Å²) in [4.78, 5) is 11.4. The minimum absolute atomic E-state index is 0.0110. The van der Waals surface area contributed by atoms with Crippen LogP contribution in [-0.2, 0) is 4.74 Å². The molecule has 106 valence electrons. The number of carbonyl (C=O) groups is 1. The fourth-order valence-electron chi connectivity index (χ4n) is 1.81. The number of thioether (sulfide) groups is 1. The van der Waals surface area contributed by atoms with Gasteiger partial charge in [0, 0.05) is 0 Å². The van der Waals surface area contributed by atoms with E-state index in [9.17, 15) is 4.79 Å². The van der Waals surface area contributed by atoms with Gasteiger partial charge in [0.05, 0.1) is 18.4 Å². The highest BCUT2D eigenvalue weighted by Gasteiger charge is 2.29. The SMILES string of the molecule is COC(=O)c1ccc(C(C)Sc2nnnn2C2CC2)o1. The van der Waals surface area contributed by atoms with E-state index in [0.29, 0.717) is 11.8 Å². The zero-order valence-corrected chi connectivity index (χ0v) is 12.0. The molecule has 0 aliphatic heterocycles. The summed E-state index contributed by atoms with van der Waals surface area (Å²) in [7, 11) is 1.33. The number of ether oxygens (including phenoxy) is 1. The number of methoxy groups -OCH3 is 1. The van der Waals surface area contributed by atoms with Crippen molar-refractivity contribution >= 4 is 17.7 Å². The van der Waals surface area contributed by atoms with Gasteiger partial charge in [-0.05, 0) is 42.3 Å². The van der Waals surface area contributed by atoms with Crippen LogP contribution in [0.3, 0.4) is 0 Å². The third-order valence-electron chi connectivity index (χ3n) is 3.05. The van der Waals surface area contributed by atoms with E-state index in [1.807, 2.05) is 11.6 Å². The molecule has 3 rings (SSSR count). The molecule has 1 atom stereocenters. The van der Waals surface area contributed by atoms with E-state index in [2.05, 4.69) is 20.3 Å². The van der Waals surface area contributed by atoms with Gasteiger partial charge < -0.3 is 9.15 Å². The lowest BCUT2D eigenvalue weighted by atomic mass is 10.3. The highest BCUT2D eigenvalue weighted by atomic mass is 32.2. The molecule has 2 aromatic rings. The zero-order chi connectivity index (χ0) is 14.1. The first-order chi connectivity index (χ1) is 9.69. The van der Waals surface area contributed by atoms with E-state index < -0.39 is 5.97 Å². The van der Waals surface area contributed by atoms with Gasteiger partial charge in [0.15, 0.2) is 0 Å². The normalized spacial score (nSPS) is 16.1. The fraction of sp³-hybridized carbons (Fsp3) is 0.500. The van der Waals surface area contributed by atoms with Crippen molar-refractivity contribution in [3.63, 3.8) is 0 Å². The Balaban J connectivity index is 1.72. The minimum atomic E-state index is -0.476. The zero-order valence-electron chi connectivity index (χ0n) is 11.1. The number of carbonyl (C=O) groups excluding carboxylic acids is 1. The van der Waals surface area contributed by atoms with Crippen molar-refractivity contribution in [2.45, 2.75) is 36.2 Å². The average Bonchev–Trinajstić information content (AvgIpc) is 3.00. The first kappa shape index (κ1) is 13.2. The average molecular weight is 294 g/mol. The Morgan fingerprint density at radius 2 is 2.35 bits per heavy atom. The Labute approximate surface area is 119 Å². The number of furan rings is 1. The van der Waals surface area contributed by atoms with E-state index in [1.165, 1.54) is 18.9 Å². The summed E-state index contributed by atoms with van der Waals surface area (Å²) in [6.07, 6.45) is 2.25. The Morgan fingerprint density at radius 3 is 3.05 bits per heavy atom. The second-order valence-corrected chi connectivity index (χ2v) is 5.90. The second-order valence-electron chi connectivity index (χ2n) is 4.59. The monoisotopic (exact) mass is 294 g/mol. The van der Waals surface area contributed by atoms with Gasteiger partial charge in [0.2, 0.25) is 10.9 Å². The maximum Gasteiger partial charge on any atom is 0.373 e. The van der Waals surface area contributed by atoms with Crippen LogP contribution >= 0.6 is 11.8 Å². The van der Waals surface area contributed by atoms with Gasteiger partial charge in [0.1, 0.15) is 5.76 Å². The summed E-state index contributed by atoms with van der Waals surface area (Å²) < 4.78 is 12.0. The Kier molecular flexibility index (Phi) is 3.47. The van der Waals surface area contributed by atoms with Crippen molar-refractivity contribution in [3.05, 3.63) is 23.7 Å². The van der Waals surface area contributed by atoms with E-state index in [-0.39, 0.29) is 11.0 Å².